The van der Waals surface area contributed by atoms with Crippen molar-refractivity contribution in [2.24, 2.45) is 13.0 Å². The lowest BCUT2D eigenvalue weighted by atomic mass is 10.0. The Morgan fingerprint density at radius 1 is 1.39 bits per heavy atom. The quantitative estimate of drug-likeness (QED) is 0.811. The molecule has 0 saturated heterocycles. The maximum atomic E-state index is 12.2. The summed E-state index contributed by atoms with van der Waals surface area (Å²) in [5, 5.41) is 16.6. The van der Waals surface area contributed by atoms with E-state index in [-0.39, 0.29) is 18.4 Å². The minimum Gasteiger partial charge on any atom is -0.396 e. The van der Waals surface area contributed by atoms with E-state index < -0.39 is 0 Å². The molecule has 0 fully saturated rings. The van der Waals surface area contributed by atoms with Gasteiger partial charge in [-0.25, -0.2) is 0 Å². The van der Waals surface area contributed by atoms with Crippen molar-refractivity contribution in [2.75, 3.05) is 13.2 Å². The first-order chi connectivity index (χ1) is 11.0. The van der Waals surface area contributed by atoms with Crippen molar-refractivity contribution in [3.05, 3.63) is 47.5 Å². The second kappa shape index (κ2) is 7.87. The van der Waals surface area contributed by atoms with E-state index >= 15 is 0 Å². The van der Waals surface area contributed by atoms with Gasteiger partial charge >= 0.3 is 0 Å². The van der Waals surface area contributed by atoms with Gasteiger partial charge < -0.3 is 10.4 Å². The number of aryl methyl sites for hydroxylation is 1. The van der Waals surface area contributed by atoms with Crippen LogP contribution in [-0.4, -0.2) is 38.9 Å². The zero-order valence-electron chi connectivity index (χ0n) is 13.9. The van der Waals surface area contributed by atoms with Crippen LogP contribution < -0.4 is 5.32 Å². The number of pyridine rings is 1. The van der Waals surface area contributed by atoms with E-state index in [0.717, 1.165) is 11.4 Å². The van der Waals surface area contributed by atoms with E-state index in [4.69, 9.17) is 0 Å². The van der Waals surface area contributed by atoms with Gasteiger partial charge in [0.2, 0.25) is 0 Å². The number of aliphatic hydroxyl groups excluding tert-OH is 1. The molecular weight excluding hydrogens is 292 g/mol. The summed E-state index contributed by atoms with van der Waals surface area (Å²) in [6.45, 7) is 4.51. The van der Waals surface area contributed by atoms with Crippen molar-refractivity contribution in [3.63, 3.8) is 0 Å². The number of aromatic nitrogens is 3. The summed E-state index contributed by atoms with van der Waals surface area (Å²) in [7, 11) is 1.84. The Bertz CT molecular complexity index is 637. The van der Waals surface area contributed by atoms with Crippen LogP contribution in [0.15, 0.2) is 30.5 Å². The molecule has 1 atom stereocenters. The maximum absolute atomic E-state index is 12.2. The van der Waals surface area contributed by atoms with Gasteiger partial charge in [-0.1, -0.05) is 19.9 Å². The number of hydrogen-bond donors (Lipinski definition) is 2. The molecule has 0 radical (unpaired) electrons. The monoisotopic (exact) mass is 316 g/mol. The van der Waals surface area contributed by atoms with Gasteiger partial charge in [0.05, 0.1) is 0 Å². The van der Waals surface area contributed by atoms with Crippen LogP contribution in [-0.2, 0) is 13.5 Å². The summed E-state index contributed by atoms with van der Waals surface area (Å²) >= 11 is 0. The molecule has 23 heavy (non-hydrogen) atoms. The Balaban J connectivity index is 1.93. The van der Waals surface area contributed by atoms with Crippen LogP contribution in [0.1, 0.15) is 41.6 Å². The van der Waals surface area contributed by atoms with Gasteiger partial charge in [0, 0.05) is 43.7 Å². The second-order valence-electron chi connectivity index (χ2n) is 6.02. The lowest BCUT2D eigenvalue weighted by Crippen LogP contribution is -2.32. The fourth-order valence-electron chi connectivity index (χ4n) is 2.48. The highest BCUT2D eigenvalue weighted by atomic mass is 16.3. The van der Waals surface area contributed by atoms with Gasteiger partial charge in [-0.15, -0.1) is 0 Å². The second-order valence-corrected chi connectivity index (χ2v) is 6.02. The molecule has 0 spiro atoms. The number of hydrogen-bond acceptors (Lipinski definition) is 4. The first kappa shape index (κ1) is 17.1. The number of carbonyl (C=O) groups excluding carboxylic acids is 1. The molecule has 0 bridgehead atoms. The summed E-state index contributed by atoms with van der Waals surface area (Å²) in [5.41, 5.74) is 2.33. The number of nitrogens with zero attached hydrogens (tertiary/aromatic N) is 3. The summed E-state index contributed by atoms with van der Waals surface area (Å²) in [6.07, 6.45) is 2.35. The lowest BCUT2D eigenvalue weighted by Gasteiger charge is -2.14. The van der Waals surface area contributed by atoms with Crippen molar-refractivity contribution < 1.29 is 9.90 Å². The highest BCUT2D eigenvalue weighted by Gasteiger charge is 2.16. The van der Waals surface area contributed by atoms with Crippen LogP contribution in [0.5, 0.6) is 0 Å². The molecule has 2 aromatic heterocycles. The molecule has 0 aliphatic heterocycles. The Morgan fingerprint density at radius 3 is 2.74 bits per heavy atom. The zero-order valence-corrected chi connectivity index (χ0v) is 13.9. The van der Waals surface area contributed by atoms with Crippen LogP contribution in [0, 0.1) is 5.92 Å². The third-order valence-corrected chi connectivity index (χ3v) is 3.77. The fourth-order valence-corrected chi connectivity index (χ4v) is 2.48. The SMILES string of the molecule is CC(C)c1cc(C(=O)NCC(CO)Cc2ccccn2)nn1C. The van der Waals surface area contributed by atoms with Gasteiger partial charge in [0.15, 0.2) is 0 Å². The molecule has 2 heterocycles. The fraction of sp³-hybridized carbons (Fsp3) is 0.471. The van der Waals surface area contributed by atoms with Gasteiger partial charge in [0.25, 0.3) is 5.91 Å². The number of carbonyl (C=O) groups is 1. The average Bonchev–Trinajstić information content (AvgIpc) is 2.94. The Morgan fingerprint density at radius 2 is 2.17 bits per heavy atom. The molecule has 124 valence electrons. The molecule has 0 aliphatic carbocycles. The van der Waals surface area contributed by atoms with E-state index in [9.17, 15) is 9.90 Å². The Labute approximate surface area is 136 Å². The van der Waals surface area contributed by atoms with Gasteiger partial charge in [-0.2, -0.15) is 5.10 Å². The third kappa shape index (κ3) is 4.63. The highest BCUT2D eigenvalue weighted by Crippen LogP contribution is 2.14. The molecule has 0 aliphatic rings. The first-order valence-corrected chi connectivity index (χ1v) is 7.84. The molecule has 1 amide bonds. The average molecular weight is 316 g/mol. The maximum Gasteiger partial charge on any atom is 0.271 e. The molecule has 0 saturated carbocycles. The lowest BCUT2D eigenvalue weighted by molar-refractivity contribution is 0.0934. The van der Waals surface area contributed by atoms with Gasteiger partial charge in [0.1, 0.15) is 5.69 Å². The number of rotatable bonds is 7. The molecule has 0 aromatic carbocycles. The molecule has 2 aromatic rings. The molecule has 6 heteroatoms. The Kier molecular flexibility index (Phi) is 5.87. The van der Waals surface area contributed by atoms with Crippen LogP contribution in [0.4, 0.5) is 0 Å². The minimum atomic E-state index is -0.216. The smallest absolute Gasteiger partial charge is 0.271 e. The van der Waals surface area contributed by atoms with Crippen molar-refractivity contribution in [2.45, 2.75) is 26.2 Å². The summed E-state index contributed by atoms with van der Waals surface area (Å²) in [5.74, 6) is 0.0255. The van der Waals surface area contributed by atoms with Crippen molar-refractivity contribution in [3.8, 4) is 0 Å². The van der Waals surface area contributed by atoms with Crippen molar-refractivity contribution in [1.82, 2.24) is 20.1 Å². The minimum absolute atomic E-state index is 0.00365. The van der Waals surface area contributed by atoms with Crippen LogP contribution in [0.2, 0.25) is 0 Å². The van der Waals surface area contributed by atoms with Crippen LogP contribution in [0.25, 0.3) is 0 Å². The third-order valence-electron chi connectivity index (χ3n) is 3.77. The Hall–Kier alpha value is -2.21. The van der Waals surface area contributed by atoms with Crippen LogP contribution >= 0.6 is 0 Å². The predicted octanol–water partition coefficient (Wildman–Crippen LogP) is 1.52. The van der Waals surface area contributed by atoms with Crippen LogP contribution in [0.3, 0.4) is 0 Å². The predicted molar refractivity (Wildman–Crippen MR) is 88.1 cm³/mol. The number of aliphatic hydroxyl groups is 1. The van der Waals surface area contributed by atoms with Gasteiger partial charge in [-0.3, -0.25) is 14.5 Å². The largest absolute Gasteiger partial charge is 0.396 e. The van der Waals surface area contributed by atoms with E-state index in [1.165, 1.54) is 0 Å². The number of nitrogens with one attached hydrogen (secondary N) is 1. The zero-order chi connectivity index (χ0) is 16.8. The normalized spacial score (nSPS) is 12.4. The van der Waals surface area contributed by atoms with E-state index in [1.807, 2.05) is 31.3 Å². The molecular formula is C17H24N4O2. The highest BCUT2D eigenvalue weighted by molar-refractivity contribution is 5.92. The summed E-state index contributed by atoms with van der Waals surface area (Å²) < 4.78 is 1.73. The summed E-state index contributed by atoms with van der Waals surface area (Å²) in [6, 6.07) is 7.49. The number of amides is 1. The van der Waals surface area contributed by atoms with Crippen molar-refractivity contribution >= 4 is 5.91 Å². The van der Waals surface area contributed by atoms with Crippen molar-refractivity contribution in [1.29, 1.82) is 0 Å². The molecule has 2 N–H and O–H groups in total. The van der Waals surface area contributed by atoms with E-state index in [1.54, 1.807) is 10.9 Å². The van der Waals surface area contributed by atoms with E-state index in [0.29, 0.717) is 24.6 Å². The van der Waals surface area contributed by atoms with Gasteiger partial charge in [-0.05, 0) is 30.5 Å². The molecule has 1 unspecified atom stereocenters. The molecule has 6 nitrogen and oxygen atoms in total. The van der Waals surface area contributed by atoms with E-state index in [2.05, 4.69) is 29.2 Å². The standard InChI is InChI=1S/C17H24N4O2/c1-12(2)16-9-15(20-21(16)3)17(23)19-10-13(11-22)8-14-6-4-5-7-18-14/h4-7,9,12-13,22H,8,10-11H2,1-3H3,(H,19,23). The first-order valence-electron chi connectivity index (χ1n) is 7.84. The molecule has 2 rings (SSSR count). The topological polar surface area (TPSA) is 80.0 Å². The summed E-state index contributed by atoms with van der Waals surface area (Å²) in [4.78, 5) is 16.5.